The fraction of sp³-hybridized carbons (Fsp3) is 0.714. The van der Waals surface area contributed by atoms with Crippen LogP contribution in [0.5, 0.6) is 0 Å². The third kappa shape index (κ3) is 5.07. The second-order valence-electron chi connectivity index (χ2n) is 5.17. The van der Waals surface area contributed by atoms with E-state index in [4.69, 9.17) is 5.11 Å². The summed E-state index contributed by atoms with van der Waals surface area (Å²) in [6.07, 6.45) is 9.48. The molecule has 20 heavy (non-hydrogen) atoms. The van der Waals surface area contributed by atoms with Gasteiger partial charge in [-0.2, -0.15) is 11.8 Å². The Balaban J connectivity index is 2.54. The van der Waals surface area contributed by atoms with Gasteiger partial charge in [0.1, 0.15) is 6.54 Å². The molecule has 1 rings (SSSR count). The van der Waals surface area contributed by atoms with Crippen LogP contribution >= 0.6 is 11.8 Å². The van der Waals surface area contributed by atoms with E-state index in [9.17, 15) is 9.59 Å². The van der Waals surface area contributed by atoms with E-state index >= 15 is 0 Å². The van der Waals surface area contributed by atoms with Crippen LogP contribution in [0.2, 0.25) is 0 Å². The zero-order valence-corrected chi connectivity index (χ0v) is 12.9. The van der Waals surface area contributed by atoms with Gasteiger partial charge in [0, 0.05) is 17.8 Å². The Bertz CT molecular complexity index is 354. The average molecular weight is 300 g/mol. The van der Waals surface area contributed by atoms with E-state index in [1.54, 1.807) is 11.8 Å². The van der Waals surface area contributed by atoms with Crippen molar-refractivity contribution in [3.8, 4) is 0 Å². The predicted octanol–water partition coefficient (Wildman–Crippen LogP) is 2.33. The van der Waals surface area contributed by atoms with Gasteiger partial charge in [-0.25, -0.2) is 4.79 Å². The number of hydrogen-bond donors (Lipinski definition) is 2. The lowest BCUT2D eigenvalue weighted by Gasteiger charge is -2.36. The van der Waals surface area contributed by atoms with Crippen molar-refractivity contribution < 1.29 is 14.7 Å². The highest BCUT2D eigenvalue weighted by Crippen LogP contribution is 2.37. The van der Waals surface area contributed by atoms with Crippen LogP contribution in [0.1, 0.15) is 32.1 Å². The first-order chi connectivity index (χ1) is 9.53. The molecule has 0 aromatic heterocycles. The fourth-order valence-electron chi connectivity index (χ4n) is 2.54. The van der Waals surface area contributed by atoms with Crippen LogP contribution in [-0.2, 0) is 4.79 Å². The Kier molecular flexibility index (Phi) is 6.91. The van der Waals surface area contributed by atoms with Gasteiger partial charge in [-0.05, 0) is 19.1 Å². The van der Waals surface area contributed by atoms with E-state index in [0.717, 1.165) is 12.8 Å². The molecule has 0 bridgehead atoms. The second kappa shape index (κ2) is 8.19. The number of aliphatic carboxylic acids is 1. The van der Waals surface area contributed by atoms with Crippen molar-refractivity contribution in [1.82, 2.24) is 10.2 Å². The van der Waals surface area contributed by atoms with E-state index < -0.39 is 5.97 Å². The minimum absolute atomic E-state index is 0.108. The van der Waals surface area contributed by atoms with E-state index in [2.05, 4.69) is 18.2 Å². The largest absolute Gasteiger partial charge is 0.480 e. The van der Waals surface area contributed by atoms with Gasteiger partial charge in [0.2, 0.25) is 0 Å². The van der Waals surface area contributed by atoms with Crippen LogP contribution in [0.25, 0.3) is 0 Å². The Labute approximate surface area is 124 Å². The molecule has 0 aromatic carbocycles. The number of amides is 2. The maximum Gasteiger partial charge on any atom is 0.323 e. The molecule has 2 N–H and O–H groups in total. The van der Waals surface area contributed by atoms with Crippen molar-refractivity contribution in [3.05, 3.63) is 12.7 Å². The Morgan fingerprint density at radius 1 is 1.40 bits per heavy atom. The van der Waals surface area contributed by atoms with Crippen LogP contribution in [-0.4, -0.2) is 52.6 Å². The summed E-state index contributed by atoms with van der Waals surface area (Å²) in [5, 5.41) is 11.7. The van der Waals surface area contributed by atoms with Gasteiger partial charge in [-0.15, -0.1) is 6.58 Å². The number of hydrogen-bond acceptors (Lipinski definition) is 3. The quantitative estimate of drug-likeness (QED) is 0.708. The van der Waals surface area contributed by atoms with Crippen LogP contribution in [0.3, 0.4) is 0 Å². The van der Waals surface area contributed by atoms with Crippen LogP contribution in [0.4, 0.5) is 4.79 Å². The zero-order valence-electron chi connectivity index (χ0n) is 12.1. The smallest absolute Gasteiger partial charge is 0.323 e. The first-order valence-corrected chi connectivity index (χ1v) is 8.16. The molecule has 0 saturated heterocycles. The molecule has 0 spiro atoms. The molecular weight excluding hydrogens is 276 g/mol. The molecule has 1 fully saturated rings. The predicted molar refractivity (Wildman–Crippen MR) is 82.1 cm³/mol. The lowest BCUT2D eigenvalue weighted by molar-refractivity contribution is -0.137. The van der Waals surface area contributed by atoms with Gasteiger partial charge in [0.05, 0.1) is 0 Å². The summed E-state index contributed by atoms with van der Waals surface area (Å²) in [6, 6.07) is -0.328. The number of carboxylic acids is 1. The summed E-state index contributed by atoms with van der Waals surface area (Å²) in [4.78, 5) is 24.1. The molecule has 0 radical (unpaired) electrons. The van der Waals surface area contributed by atoms with Crippen LogP contribution < -0.4 is 5.32 Å². The van der Waals surface area contributed by atoms with Gasteiger partial charge in [0.15, 0.2) is 0 Å². The number of carbonyl (C=O) groups excluding carboxylic acids is 1. The lowest BCUT2D eigenvalue weighted by atomic mass is 9.88. The number of carbonyl (C=O) groups is 2. The van der Waals surface area contributed by atoms with Crippen molar-refractivity contribution in [1.29, 1.82) is 0 Å². The average Bonchev–Trinajstić information content (AvgIpc) is 2.45. The molecule has 0 heterocycles. The molecule has 1 aliphatic carbocycles. The molecule has 5 nitrogen and oxygen atoms in total. The molecule has 1 aliphatic rings. The molecule has 0 unspecified atom stereocenters. The lowest BCUT2D eigenvalue weighted by Crippen LogP contribution is -2.48. The maximum absolute atomic E-state index is 12.1. The number of rotatable bonds is 7. The number of nitrogens with one attached hydrogen (secondary N) is 1. The summed E-state index contributed by atoms with van der Waals surface area (Å²) in [5.74, 6) is -1.01. The third-order valence-electron chi connectivity index (χ3n) is 3.72. The van der Waals surface area contributed by atoms with Gasteiger partial charge < -0.3 is 15.3 Å². The second-order valence-corrected chi connectivity index (χ2v) is 6.44. The SMILES string of the molecule is C=CCN(CC(=O)O)C(=O)NCC1(SC)CCCCC1. The van der Waals surface area contributed by atoms with Crippen molar-refractivity contribution in [2.24, 2.45) is 0 Å². The van der Waals surface area contributed by atoms with Crippen molar-refractivity contribution in [3.63, 3.8) is 0 Å². The number of urea groups is 1. The van der Waals surface area contributed by atoms with Gasteiger partial charge >= 0.3 is 12.0 Å². The van der Waals surface area contributed by atoms with E-state index in [1.807, 2.05) is 0 Å². The molecule has 114 valence electrons. The monoisotopic (exact) mass is 300 g/mol. The van der Waals surface area contributed by atoms with Crippen molar-refractivity contribution in [2.75, 3.05) is 25.9 Å². The highest BCUT2D eigenvalue weighted by atomic mass is 32.2. The molecule has 1 saturated carbocycles. The fourth-order valence-corrected chi connectivity index (χ4v) is 3.45. The van der Waals surface area contributed by atoms with Crippen LogP contribution in [0.15, 0.2) is 12.7 Å². The maximum atomic E-state index is 12.1. The van der Waals surface area contributed by atoms with E-state index in [-0.39, 0.29) is 23.9 Å². The summed E-state index contributed by atoms with van der Waals surface area (Å²) in [6.45, 7) is 4.09. The van der Waals surface area contributed by atoms with E-state index in [0.29, 0.717) is 6.54 Å². The Morgan fingerprint density at radius 3 is 2.55 bits per heavy atom. The molecular formula is C14H24N2O3S. The molecule has 2 amide bonds. The highest BCUT2D eigenvalue weighted by molar-refractivity contribution is 8.00. The molecule has 0 aliphatic heterocycles. The summed E-state index contributed by atoms with van der Waals surface area (Å²) < 4.78 is 0.108. The summed E-state index contributed by atoms with van der Waals surface area (Å²) in [5.41, 5.74) is 0. The highest BCUT2D eigenvalue weighted by Gasteiger charge is 2.32. The minimum atomic E-state index is -1.01. The van der Waals surface area contributed by atoms with Crippen molar-refractivity contribution >= 4 is 23.8 Å². The van der Waals surface area contributed by atoms with Gasteiger partial charge in [0.25, 0.3) is 0 Å². The number of nitrogens with zero attached hydrogens (tertiary/aromatic N) is 1. The topological polar surface area (TPSA) is 69.6 Å². The van der Waals surface area contributed by atoms with Crippen LogP contribution in [0, 0.1) is 0 Å². The van der Waals surface area contributed by atoms with Crippen molar-refractivity contribution in [2.45, 2.75) is 36.9 Å². The summed E-state index contributed by atoms with van der Waals surface area (Å²) >= 11 is 1.80. The first-order valence-electron chi connectivity index (χ1n) is 6.93. The zero-order chi connectivity index (χ0) is 15.0. The normalized spacial score (nSPS) is 17.2. The summed E-state index contributed by atoms with van der Waals surface area (Å²) in [7, 11) is 0. The molecule has 6 heteroatoms. The number of carboxylic acid groups (broad SMARTS) is 1. The molecule has 0 atom stereocenters. The molecule has 0 aromatic rings. The van der Waals surface area contributed by atoms with Gasteiger partial charge in [-0.1, -0.05) is 25.3 Å². The Morgan fingerprint density at radius 2 is 2.05 bits per heavy atom. The first kappa shape index (κ1) is 16.9. The van der Waals surface area contributed by atoms with E-state index in [1.165, 1.54) is 30.2 Å². The minimum Gasteiger partial charge on any atom is -0.480 e. The standard InChI is InChI=1S/C14H24N2O3S/c1-3-9-16(10-12(17)18)13(19)15-11-14(20-2)7-5-4-6-8-14/h3H,1,4-11H2,2H3,(H,15,19)(H,17,18). The third-order valence-corrected chi connectivity index (χ3v) is 5.14. The number of thioether (sulfide) groups is 1. The Hall–Kier alpha value is -1.17. The van der Waals surface area contributed by atoms with Gasteiger partial charge in [-0.3, -0.25) is 4.79 Å².